The van der Waals surface area contributed by atoms with Crippen LogP contribution in [-0.2, 0) is 4.79 Å². The molecule has 0 saturated carbocycles. The van der Waals surface area contributed by atoms with Crippen molar-refractivity contribution in [3.8, 4) is 17.0 Å². The first kappa shape index (κ1) is 20.0. The van der Waals surface area contributed by atoms with Crippen LogP contribution in [0.15, 0.2) is 53.6 Å². The van der Waals surface area contributed by atoms with Crippen molar-refractivity contribution in [1.82, 2.24) is 15.6 Å². The van der Waals surface area contributed by atoms with Gasteiger partial charge in [0.05, 0.1) is 11.4 Å². The first-order valence-corrected chi connectivity index (χ1v) is 9.10. The van der Waals surface area contributed by atoms with Crippen LogP contribution < -0.4 is 10.2 Å². The molecule has 3 aromatic rings. The smallest absolute Gasteiger partial charge is 0.308 e. The lowest BCUT2D eigenvalue weighted by atomic mass is 10.0. The summed E-state index contributed by atoms with van der Waals surface area (Å²) in [5.41, 5.74) is 8.25. The summed E-state index contributed by atoms with van der Waals surface area (Å²) in [6.07, 6.45) is 0. The Labute approximate surface area is 168 Å². The van der Waals surface area contributed by atoms with Crippen LogP contribution in [0.4, 0.5) is 0 Å². The third kappa shape index (κ3) is 4.95. The number of aromatic nitrogens is 2. The van der Waals surface area contributed by atoms with E-state index in [-0.39, 0.29) is 11.9 Å². The van der Waals surface area contributed by atoms with E-state index in [1.807, 2.05) is 32.0 Å². The number of nitrogens with one attached hydrogen (secondary N) is 2. The predicted octanol–water partition coefficient (Wildman–Crippen LogP) is 3.77. The number of esters is 1. The molecule has 148 valence electrons. The minimum atomic E-state index is -0.386. The summed E-state index contributed by atoms with van der Waals surface area (Å²) in [5, 5.41) is 11.1. The maximum Gasteiger partial charge on any atom is 0.308 e. The summed E-state index contributed by atoms with van der Waals surface area (Å²) in [6.45, 7) is 7.20. The van der Waals surface area contributed by atoms with Gasteiger partial charge in [0.1, 0.15) is 11.4 Å². The first-order valence-electron chi connectivity index (χ1n) is 9.10. The average molecular weight is 390 g/mol. The normalized spacial score (nSPS) is 11.2. The molecule has 0 bridgehead atoms. The number of hydrogen-bond acceptors (Lipinski definition) is 5. The van der Waals surface area contributed by atoms with Crippen LogP contribution in [0.2, 0.25) is 0 Å². The zero-order valence-electron chi connectivity index (χ0n) is 16.7. The summed E-state index contributed by atoms with van der Waals surface area (Å²) in [6, 6.07) is 14.6. The lowest BCUT2D eigenvalue weighted by Crippen LogP contribution is -2.19. The van der Waals surface area contributed by atoms with Crippen molar-refractivity contribution >= 4 is 17.6 Å². The van der Waals surface area contributed by atoms with Gasteiger partial charge in [-0.05, 0) is 73.9 Å². The van der Waals surface area contributed by atoms with Crippen molar-refractivity contribution in [2.24, 2.45) is 5.10 Å². The van der Waals surface area contributed by atoms with Crippen LogP contribution in [0, 0.1) is 13.8 Å². The monoisotopic (exact) mass is 390 g/mol. The SMILES string of the molecule is CC(=O)Oc1ccc(C(C)=NNC(=O)c2cc(-c3ccc(C)c(C)c3)n[nH]2)cc1. The van der Waals surface area contributed by atoms with Crippen molar-refractivity contribution in [2.45, 2.75) is 27.7 Å². The molecule has 1 amide bonds. The summed E-state index contributed by atoms with van der Waals surface area (Å²) >= 11 is 0. The quantitative estimate of drug-likeness (QED) is 0.300. The van der Waals surface area contributed by atoms with Crippen LogP contribution in [-0.4, -0.2) is 27.8 Å². The number of carbonyl (C=O) groups excluding carboxylic acids is 2. The van der Waals surface area contributed by atoms with Gasteiger partial charge < -0.3 is 4.74 Å². The van der Waals surface area contributed by atoms with Crippen molar-refractivity contribution in [3.63, 3.8) is 0 Å². The van der Waals surface area contributed by atoms with E-state index >= 15 is 0 Å². The number of rotatable bonds is 5. The lowest BCUT2D eigenvalue weighted by Gasteiger charge is -2.04. The lowest BCUT2D eigenvalue weighted by molar-refractivity contribution is -0.131. The van der Waals surface area contributed by atoms with E-state index in [4.69, 9.17) is 4.74 Å². The molecule has 29 heavy (non-hydrogen) atoms. The Balaban J connectivity index is 1.67. The molecular weight excluding hydrogens is 368 g/mol. The number of hydrazone groups is 1. The predicted molar refractivity (Wildman–Crippen MR) is 111 cm³/mol. The van der Waals surface area contributed by atoms with E-state index in [9.17, 15) is 9.59 Å². The molecule has 2 aromatic carbocycles. The molecule has 0 aliphatic rings. The van der Waals surface area contributed by atoms with Crippen LogP contribution in [0.3, 0.4) is 0 Å². The maximum absolute atomic E-state index is 12.4. The van der Waals surface area contributed by atoms with Gasteiger partial charge in [-0.1, -0.05) is 12.1 Å². The van der Waals surface area contributed by atoms with E-state index in [1.165, 1.54) is 12.5 Å². The maximum atomic E-state index is 12.4. The molecule has 0 aliphatic carbocycles. The molecule has 0 radical (unpaired) electrons. The molecule has 7 nitrogen and oxygen atoms in total. The fourth-order valence-electron chi connectivity index (χ4n) is 2.68. The van der Waals surface area contributed by atoms with Gasteiger partial charge in [-0.3, -0.25) is 14.7 Å². The van der Waals surface area contributed by atoms with E-state index in [0.717, 1.165) is 16.7 Å². The number of carbonyl (C=O) groups is 2. The zero-order valence-corrected chi connectivity index (χ0v) is 16.7. The molecule has 3 rings (SSSR count). The van der Waals surface area contributed by atoms with Gasteiger partial charge in [-0.15, -0.1) is 0 Å². The number of ether oxygens (including phenoxy) is 1. The molecule has 0 spiro atoms. The standard InChI is InChI=1S/C22H22N4O3/c1-13-5-6-18(11-14(13)2)20-12-21(25-24-20)22(28)26-23-15(3)17-7-9-19(10-8-17)29-16(4)27/h5-12H,1-4H3,(H,24,25)(H,26,28). The molecule has 0 saturated heterocycles. The molecule has 0 aliphatic heterocycles. The second-order valence-electron chi connectivity index (χ2n) is 6.72. The third-order valence-electron chi connectivity index (χ3n) is 4.48. The van der Waals surface area contributed by atoms with Crippen molar-refractivity contribution in [3.05, 3.63) is 70.9 Å². The second-order valence-corrected chi connectivity index (χ2v) is 6.72. The minimum Gasteiger partial charge on any atom is -0.427 e. The molecule has 0 fully saturated rings. The Kier molecular flexibility index (Phi) is 5.87. The number of H-pyrrole nitrogens is 1. The topological polar surface area (TPSA) is 96.4 Å². The molecule has 7 heteroatoms. The third-order valence-corrected chi connectivity index (χ3v) is 4.48. The molecular formula is C22H22N4O3. The van der Waals surface area contributed by atoms with E-state index in [2.05, 4.69) is 20.7 Å². The fraction of sp³-hybridized carbons (Fsp3) is 0.182. The summed E-state index contributed by atoms with van der Waals surface area (Å²) in [5.74, 6) is -0.312. The summed E-state index contributed by atoms with van der Waals surface area (Å²) < 4.78 is 5.00. The fourth-order valence-corrected chi connectivity index (χ4v) is 2.68. The van der Waals surface area contributed by atoms with Gasteiger partial charge in [0, 0.05) is 12.5 Å². The van der Waals surface area contributed by atoms with Gasteiger partial charge in [-0.25, -0.2) is 5.43 Å². The summed E-state index contributed by atoms with van der Waals surface area (Å²) in [4.78, 5) is 23.3. The van der Waals surface area contributed by atoms with Crippen molar-refractivity contribution in [1.29, 1.82) is 0 Å². The number of aryl methyl sites for hydroxylation is 2. The molecule has 1 aromatic heterocycles. The zero-order chi connectivity index (χ0) is 21.0. The van der Waals surface area contributed by atoms with E-state index in [0.29, 0.717) is 22.8 Å². The molecule has 0 unspecified atom stereocenters. The second kappa shape index (κ2) is 8.52. The van der Waals surface area contributed by atoms with Gasteiger partial charge >= 0.3 is 5.97 Å². The molecule has 2 N–H and O–H groups in total. The Morgan fingerprint density at radius 1 is 1.00 bits per heavy atom. The largest absolute Gasteiger partial charge is 0.427 e. The van der Waals surface area contributed by atoms with Gasteiger partial charge in [0.25, 0.3) is 5.91 Å². The Hall–Kier alpha value is -3.74. The van der Waals surface area contributed by atoms with Gasteiger partial charge in [0.15, 0.2) is 0 Å². The van der Waals surface area contributed by atoms with E-state index in [1.54, 1.807) is 37.3 Å². The Bertz CT molecular complexity index is 1080. The number of nitrogens with zero attached hydrogens (tertiary/aromatic N) is 2. The highest BCUT2D eigenvalue weighted by molar-refractivity contribution is 6.00. The number of benzene rings is 2. The molecule has 1 heterocycles. The number of aromatic amines is 1. The van der Waals surface area contributed by atoms with Crippen LogP contribution >= 0.6 is 0 Å². The van der Waals surface area contributed by atoms with Crippen molar-refractivity contribution in [2.75, 3.05) is 0 Å². The molecule has 0 atom stereocenters. The Morgan fingerprint density at radius 2 is 1.72 bits per heavy atom. The Morgan fingerprint density at radius 3 is 2.38 bits per heavy atom. The highest BCUT2D eigenvalue weighted by atomic mass is 16.5. The number of hydrogen-bond donors (Lipinski definition) is 2. The van der Waals surface area contributed by atoms with Crippen LogP contribution in [0.25, 0.3) is 11.3 Å². The minimum absolute atomic E-state index is 0.319. The average Bonchev–Trinajstić information content (AvgIpc) is 3.18. The van der Waals surface area contributed by atoms with Crippen LogP contribution in [0.5, 0.6) is 5.75 Å². The van der Waals surface area contributed by atoms with E-state index < -0.39 is 0 Å². The first-order chi connectivity index (χ1) is 13.8. The van der Waals surface area contributed by atoms with Gasteiger partial charge in [-0.2, -0.15) is 10.2 Å². The van der Waals surface area contributed by atoms with Gasteiger partial charge in [0.2, 0.25) is 0 Å². The van der Waals surface area contributed by atoms with Crippen LogP contribution in [0.1, 0.15) is 41.0 Å². The summed E-state index contributed by atoms with van der Waals surface area (Å²) in [7, 11) is 0. The van der Waals surface area contributed by atoms with Crippen molar-refractivity contribution < 1.29 is 14.3 Å². The highest BCUT2D eigenvalue weighted by Gasteiger charge is 2.11. The highest BCUT2D eigenvalue weighted by Crippen LogP contribution is 2.21. The number of amides is 1.